The van der Waals surface area contributed by atoms with Crippen molar-refractivity contribution in [2.45, 2.75) is 30.4 Å². The van der Waals surface area contributed by atoms with Gasteiger partial charge in [0.05, 0.1) is 5.84 Å². The molecule has 0 unspecified atom stereocenters. The molecule has 1 rings (SSSR count). The normalized spacial score (nSPS) is 12.4. The summed E-state index contributed by atoms with van der Waals surface area (Å²) in [6.07, 6.45) is -5.76. The van der Waals surface area contributed by atoms with Crippen LogP contribution in [-0.4, -0.2) is 80.6 Å². The van der Waals surface area contributed by atoms with E-state index in [2.05, 4.69) is 25.3 Å². The van der Waals surface area contributed by atoms with Gasteiger partial charge in [0.1, 0.15) is 18.9 Å². The zero-order valence-electron chi connectivity index (χ0n) is 18.2. The Morgan fingerprint density at radius 3 is 2.06 bits per heavy atom. The third-order valence-electron chi connectivity index (χ3n) is 2.96. The minimum atomic E-state index is -4.47. The van der Waals surface area contributed by atoms with Crippen LogP contribution in [0.1, 0.15) is 12.8 Å². The maximum Gasteiger partial charge on any atom is 0.408 e. The lowest BCUT2D eigenvalue weighted by Crippen LogP contribution is -2.26. The Labute approximate surface area is 203 Å². The molecule has 0 saturated heterocycles. The Morgan fingerprint density at radius 2 is 1.56 bits per heavy atom. The lowest BCUT2D eigenvalue weighted by atomic mass is 10.3. The summed E-state index contributed by atoms with van der Waals surface area (Å²) in [7, 11) is 0. The number of anilines is 1. The van der Waals surface area contributed by atoms with E-state index in [0.717, 1.165) is 0 Å². The average molecular weight is 551 g/mol. The van der Waals surface area contributed by atoms with Crippen LogP contribution in [0.15, 0.2) is 39.6 Å². The van der Waals surface area contributed by atoms with Gasteiger partial charge in [-0.25, -0.2) is 24.5 Å². The molecule has 1 aromatic heterocycles. The van der Waals surface area contributed by atoms with E-state index in [0.29, 0.717) is 29.5 Å². The van der Waals surface area contributed by atoms with E-state index in [9.17, 15) is 35.9 Å². The molecule has 0 aromatic carbocycles. The molecule has 0 atom stereocenters. The highest BCUT2D eigenvalue weighted by molar-refractivity contribution is 7.99. The zero-order chi connectivity index (χ0) is 27.1. The molecule has 0 amide bonds. The maximum absolute atomic E-state index is 12.1. The quantitative estimate of drug-likeness (QED) is 0.0535. The molecule has 9 N–H and O–H groups in total. The summed E-state index contributed by atoms with van der Waals surface area (Å²) < 4.78 is 72.2. The fourth-order valence-electron chi connectivity index (χ4n) is 1.66. The largest absolute Gasteiger partial charge is 0.478 e. The van der Waals surface area contributed by atoms with Crippen LogP contribution in [0, 0.1) is 0 Å². The fraction of sp³-hybridized carbons (Fsp3) is 0.412. The minimum Gasteiger partial charge on any atom is -0.478 e. The number of thioether (sulfide) groups is 1. The zero-order valence-corrected chi connectivity index (χ0v) is 19.0. The Balaban J connectivity index is 0. The van der Waals surface area contributed by atoms with Crippen molar-refractivity contribution in [3.63, 3.8) is 0 Å². The predicted molar refractivity (Wildman–Crippen MR) is 119 cm³/mol. The highest BCUT2D eigenvalue weighted by atomic mass is 32.2. The summed E-state index contributed by atoms with van der Waals surface area (Å²) in [5.41, 5.74) is 10.7. The summed E-state index contributed by atoms with van der Waals surface area (Å²) in [5.74, 6) is -2.46. The second-order valence-electron chi connectivity index (χ2n) is 6.05. The first-order valence-corrected chi connectivity index (χ1v) is 10.1. The number of rotatable bonds is 10. The molecule has 0 aliphatic heterocycles. The molecule has 0 aliphatic carbocycles. The molecule has 0 bridgehead atoms. The van der Waals surface area contributed by atoms with Crippen LogP contribution < -0.4 is 16.8 Å². The second kappa shape index (κ2) is 16.9. The van der Waals surface area contributed by atoms with Crippen molar-refractivity contribution < 1.29 is 51.6 Å². The molecule has 0 aliphatic rings. The van der Waals surface area contributed by atoms with E-state index in [1.165, 1.54) is 24.0 Å². The molecule has 19 heteroatoms. The Morgan fingerprint density at radius 1 is 1.03 bits per heavy atom. The van der Waals surface area contributed by atoms with Gasteiger partial charge in [0.2, 0.25) is 0 Å². The summed E-state index contributed by atoms with van der Waals surface area (Å²) in [4.78, 5) is 33.5. The fourth-order valence-corrected chi connectivity index (χ4v) is 2.42. The number of carbonyl (C=O) groups is 2. The van der Waals surface area contributed by atoms with Gasteiger partial charge in [-0.05, 0) is 12.5 Å². The first kappa shape index (κ1) is 34.6. The van der Waals surface area contributed by atoms with Crippen molar-refractivity contribution in [2.24, 2.45) is 21.5 Å². The van der Waals surface area contributed by atoms with Crippen LogP contribution >= 0.6 is 11.8 Å². The summed E-state index contributed by atoms with van der Waals surface area (Å²) in [5, 5.41) is 18.3. The second-order valence-corrected chi connectivity index (χ2v) is 7.11. The van der Waals surface area contributed by atoms with Crippen molar-refractivity contribution in [3.05, 3.63) is 24.4 Å². The number of amidine groups is 1. The van der Waals surface area contributed by atoms with Gasteiger partial charge in [-0.3, -0.25) is 4.99 Å². The topological polar surface area (TPSA) is 221 Å². The molecular formula is C17H23F6N7O5S. The van der Waals surface area contributed by atoms with Gasteiger partial charge in [0.15, 0.2) is 11.1 Å². The van der Waals surface area contributed by atoms with Gasteiger partial charge >= 0.3 is 24.3 Å². The molecule has 36 heavy (non-hydrogen) atoms. The van der Waals surface area contributed by atoms with Gasteiger partial charge in [-0.1, -0.05) is 11.8 Å². The lowest BCUT2D eigenvalue weighted by molar-refractivity contribution is -0.134. The van der Waals surface area contributed by atoms with Crippen molar-refractivity contribution in [3.8, 4) is 0 Å². The number of aliphatic carboxylic acids is 2. The van der Waals surface area contributed by atoms with Crippen molar-refractivity contribution in [1.82, 2.24) is 9.97 Å². The van der Waals surface area contributed by atoms with Crippen LogP contribution in [0.5, 0.6) is 0 Å². The maximum atomic E-state index is 12.1. The Hall–Kier alpha value is -3.61. The molecule has 0 spiro atoms. The number of halogens is 6. The summed E-state index contributed by atoms with van der Waals surface area (Å²) in [6.45, 7) is -2.74. The average Bonchev–Trinajstić information content (AvgIpc) is 2.72. The number of hydrogen-bond acceptors (Lipinski definition) is 7. The molecule has 204 valence electrons. The van der Waals surface area contributed by atoms with E-state index >= 15 is 0 Å². The van der Waals surface area contributed by atoms with Gasteiger partial charge in [0, 0.05) is 30.5 Å². The first-order chi connectivity index (χ1) is 16.1. The molecule has 1 heterocycles. The molecule has 0 saturated carbocycles. The standard InChI is InChI=1S/C13H17F6N7S.C4H4O4.H2O/c14-12(15,16)6-23-8(20)2-1-5-27-11-22-4-3-9(26-11)25-10(21)24-7-13(17,18)19;5-3(6)1-2-4(7)8;/h3-4H,1-2,5-7H2,(H2,20,23)(H3,21,22,24,25,26);1-2H,(H,5,6)(H,7,8);1H2/b;2-1-;. The minimum absolute atomic E-state index is 0. The van der Waals surface area contributed by atoms with E-state index in [1.54, 1.807) is 0 Å². The highest BCUT2D eigenvalue weighted by Crippen LogP contribution is 2.18. The lowest BCUT2D eigenvalue weighted by Gasteiger charge is -2.07. The number of aromatic nitrogens is 2. The smallest absolute Gasteiger partial charge is 0.408 e. The monoisotopic (exact) mass is 551 g/mol. The number of carboxylic acids is 2. The number of nitrogens with zero attached hydrogens (tertiary/aromatic N) is 4. The number of carboxylic acid groups (broad SMARTS) is 2. The Kier molecular flexibility index (Phi) is 16.2. The third-order valence-corrected chi connectivity index (χ3v) is 3.90. The SMILES string of the molecule is NC(CCCSc1nccc(NC(N)=NCC(F)(F)F)n1)=NCC(F)(F)F.O.O=C(O)/C=C\C(=O)O. The highest BCUT2D eigenvalue weighted by Gasteiger charge is 2.27. The molecular weight excluding hydrogens is 528 g/mol. The molecule has 1 aromatic rings. The van der Waals surface area contributed by atoms with Crippen molar-refractivity contribution in [1.29, 1.82) is 0 Å². The Bertz CT molecular complexity index is 910. The van der Waals surface area contributed by atoms with Crippen LogP contribution in [0.2, 0.25) is 0 Å². The summed E-state index contributed by atoms with van der Waals surface area (Å²) >= 11 is 1.19. The third kappa shape index (κ3) is 22.2. The van der Waals surface area contributed by atoms with E-state index in [4.69, 9.17) is 21.7 Å². The van der Waals surface area contributed by atoms with Crippen LogP contribution in [0.3, 0.4) is 0 Å². The van der Waals surface area contributed by atoms with Crippen molar-refractivity contribution >= 4 is 41.3 Å². The van der Waals surface area contributed by atoms with Gasteiger partial charge in [0.25, 0.3) is 0 Å². The number of hydrogen-bond donors (Lipinski definition) is 5. The predicted octanol–water partition coefficient (Wildman–Crippen LogP) is 1.44. The van der Waals surface area contributed by atoms with Crippen LogP contribution in [0.25, 0.3) is 0 Å². The molecule has 0 radical (unpaired) electrons. The van der Waals surface area contributed by atoms with Crippen molar-refractivity contribution in [2.75, 3.05) is 24.2 Å². The van der Waals surface area contributed by atoms with E-state index < -0.39 is 43.3 Å². The molecule has 12 nitrogen and oxygen atoms in total. The number of aliphatic imine (C=N–C) groups is 2. The number of alkyl halides is 6. The van der Waals surface area contributed by atoms with Gasteiger partial charge in [-0.15, -0.1) is 0 Å². The number of nitrogens with two attached hydrogens (primary N) is 2. The first-order valence-electron chi connectivity index (χ1n) is 9.16. The van der Waals surface area contributed by atoms with Gasteiger partial charge in [-0.2, -0.15) is 26.3 Å². The number of nitrogens with one attached hydrogen (secondary N) is 1. The van der Waals surface area contributed by atoms with E-state index in [1.807, 2.05) is 0 Å². The van der Waals surface area contributed by atoms with Crippen LogP contribution in [-0.2, 0) is 9.59 Å². The number of guanidine groups is 1. The van der Waals surface area contributed by atoms with Crippen LogP contribution in [0.4, 0.5) is 32.2 Å². The van der Waals surface area contributed by atoms with E-state index in [-0.39, 0.29) is 23.6 Å². The van der Waals surface area contributed by atoms with Gasteiger partial charge < -0.3 is 32.5 Å². The molecule has 0 fully saturated rings. The summed E-state index contributed by atoms with van der Waals surface area (Å²) in [6, 6.07) is 1.39.